The van der Waals surface area contributed by atoms with Crippen molar-refractivity contribution >= 4 is 5.97 Å². The van der Waals surface area contributed by atoms with Gasteiger partial charge in [0.1, 0.15) is 5.76 Å². The van der Waals surface area contributed by atoms with Crippen molar-refractivity contribution in [1.29, 1.82) is 0 Å². The Balaban J connectivity index is 1.86. The van der Waals surface area contributed by atoms with Crippen molar-refractivity contribution in [3.8, 4) is 0 Å². The second-order valence-corrected chi connectivity index (χ2v) is 4.90. The minimum absolute atomic E-state index is 0.0821. The maximum absolute atomic E-state index is 10.9. The number of oxazole rings is 1. The highest BCUT2D eigenvalue weighted by Gasteiger charge is 2.54. The molecular formula is C12H15NO3. The van der Waals surface area contributed by atoms with Crippen LogP contribution in [0.2, 0.25) is 0 Å². The van der Waals surface area contributed by atoms with Crippen molar-refractivity contribution in [3.63, 3.8) is 0 Å². The minimum atomic E-state index is -0.990. The molecule has 1 aromatic rings. The molecule has 2 aliphatic rings. The standard InChI is InChI=1S/C12H15NO3/c1-6-10(12(14)15)13-11(16-6)9-7-4-2-3-5-8(7)9/h7-9H,2-5H2,1H3,(H,14,15). The van der Waals surface area contributed by atoms with Gasteiger partial charge in [0.05, 0.1) is 0 Å². The summed E-state index contributed by atoms with van der Waals surface area (Å²) in [5, 5.41) is 8.92. The predicted octanol–water partition coefficient (Wildman–Crippen LogP) is 2.58. The van der Waals surface area contributed by atoms with Crippen LogP contribution in [0.5, 0.6) is 0 Å². The van der Waals surface area contributed by atoms with Crippen LogP contribution in [-0.2, 0) is 0 Å². The Kier molecular flexibility index (Phi) is 2.06. The monoisotopic (exact) mass is 221 g/mol. The van der Waals surface area contributed by atoms with E-state index in [2.05, 4.69) is 4.98 Å². The lowest BCUT2D eigenvalue weighted by molar-refractivity contribution is 0.0689. The van der Waals surface area contributed by atoms with Crippen molar-refractivity contribution in [2.75, 3.05) is 0 Å². The molecule has 0 spiro atoms. The van der Waals surface area contributed by atoms with Crippen molar-refractivity contribution in [2.24, 2.45) is 11.8 Å². The molecule has 2 atom stereocenters. The van der Waals surface area contributed by atoms with Crippen LogP contribution in [0.1, 0.15) is 53.7 Å². The second kappa shape index (κ2) is 3.34. The molecule has 4 heteroatoms. The summed E-state index contributed by atoms with van der Waals surface area (Å²) in [5.41, 5.74) is 0.0821. The van der Waals surface area contributed by atoms with E-state index in [0.29, 0.717) is 29.4 Å². The molecule has 0 saturated heterocycles. The van der Waals surface area contributed by atoms with Gasteiger partial charge < -0.3 is 9.52 Å². The van der Waals surface area contributed by atoms with Crippen LogP contribution in [0.4, 0.5) is 0 Å². The number of aryl methyl sites for hydroxylation is 1. The number of carboxylic acids is 1. The summed E-state index contributed by atoms with van der Waals surface area (Å²) in [7, 11) is 0. The highest BCUT2D eigenvalue weighted by atomic mass is 16.4. The van der Waals surface area contributed by atoms with Gasteiger partial charge in [0.2, 0.25) is 0 Å². The highest BCUT2D eigenvalue weighted by molar-refractivity contribution is 5.86. The van der Waals surface area contributed by atoms with Crippen LogP contribution in [0.15, 0.2) is 4.42 Å². The van der Waals surface area contributed by atoms with Gasteiger partial charge in [-0.3, -0.25) is 0 Å². The third kappa shape index (κ3) is 1.36. The van der Waals surface area contributed by atoms with Crippen LogP contribution in [-0.4, -0.2) is 16.1 Å². The number of carbonyl (C=O) groups is 1. The first-order valence-corrected chi connectivity index (χ1v) is 5.89. The molecule has 86 valence electrons. The number of hydrogen-bond acceptors (Lipinski definition) is 3. The molecule has 1 N–H and O–H groups in total. The fourth-order valence-electron chi connectivity index (χ4n) is 3.12. The Labute approximate surface area is 93.7 Å². The van der Waals surface area contributed by atoms with Gasteiger partial charge in [-0.25, -0.2) is 9.78 Å². The van der Waals surface area contributed by atoms with Gasteiger partial charge >= 0.3 is 5.97 Å². The van der Waals surface area contributed by atoms with Gasteiger partial charge in [-0.2, -0.15) is 0 Å². The summed E-state index contributed by atoms with van der Waals surface area (Å²) in [5.74, 6) is 1.91. The molecule has 2 saturated carbocycles. The highest BCUT2D eigenvalue weighted by Crippen LogP contribution is 2.60. The predicted molar refractivity (Wildman–Crippen MR) is 56.4 cm³/mol. The van der Waals surface area contributed by atoms with Crippen LogP contribution in [0, 0.1) is 18.8 Å². The Hall–Kier alpha value is -1.32. The largest absolute Gasteiger partial charge is 0.476 e. The lowest BCUT2D eigenvalue weighted by atomic mass is 10.0. The van der Waals surface area contributed by atoms with E-state index >= 15 is 0 Å². The summed E-state index contributed by atoms with van der Waals surface area (Å²) in [6, 6.07) is 0. The van der Waals surface area contributed by atoms with E-state index in [9.17, 15) is 4.79 Å². The summed E-state index contributed by atoms with van der Waals surface area (Å²) < 4.78 is 5.50. The zero-order valence-electron chi connectivity index (χ0n) is 9.27. The van der Waals surface area contributed by atoms with E-state index in [4.69, 9.17) is 9.52 Å². The molecular weight excluding hydrogens is 206 g/mol. The van der Waals surface area contributed by atoms with Crippen LogP contribution < -0.4 is 0 Å². The van der Waals surface area contributed by atoms with Gasteiger partial charge in [-0.05, 0) is 31.6 Å². The summed E-state index contributed by atoms with van der Waals surface area (Å²) in [4.78, 5) is 15.0. The molecule has 2 fully saturated rings. The van der Waals surface area contributed by atoms with Gasteiger partial charge in [-0.15, -0.1) is 0 Å². The third-order valence-electron chi connectivity index (χ3n) is 3.96. The Bertz CT molecular complexity index is 425. The Morgan fingerprint density at radius 1 is 1.38 bits per heavy atom. The molecule has 0 aliphatic heterocycles. The fraction of sp³-hybridized carbons (Fsp3) is 0.667. The molecule has 0 bridgehead atoms. The van der Waals surface area contributed by atoms with E-state index < -0.39 is 5.97 Å². The second-order valence-electron chi connectivity index (χ2n) is 4.90. The van der Waals surface area contributed by atoms with Gasteiger partial charge in [0, 0.05) is 5.92 Å². The van der Waals surface area contributed by atoms with Gasteiger partial charge in [0.25, 0.3) is 0 Å². The lowest BCUT2D eigenvalue weighted by Crippen LogP contribution is -1.98. The molecule has 3 rings (SSSR count). The summed E-state index contributed by atoms with van der Waals surface area (Å²) >= 11 is 0. The van der Waals surface area contributed by atoms with Crippen LogP contribution >= 0.6 is 0 Å². The number of aromatic nitrogens is 1. The van der Waals surface area contributed by atoms with Crippen LogP contribution in [0.3, 0.4) is 0 Å². The third-order valence-corrected chi connectivity index (χ3v) is 3.96. The minimum Gasteiger partial charge on any atom is -0.476 e. The normalized spacial score (nSPS) is 32.2. The molecule has 0 radical (unpaired) electrons. The molecule has 2 aliphatic carbocycles. The Morgan fingerprint density at radius 3 is 2.50 bits per heavy atom. The number of hydrogen-bond donors (Lipinski definition) is 1. The zero-order chi connectivity index (χ0) is 11.3. The van der Waals surface area contributed by atoms with Gasteiger partial charge in [0.15, 0.2) is 11.6 Å². The van der Waals surface area contributed by atoms with Crippen LogP contribution in [0.25, 0.3) is 0 Å². The van der Waals surface area contributed by atoms with E-state index in [1.54, 1.807) is 6.92 Å². The maximum Gasteiger partial charge on any atom is 0.358 e. The van der Waals surface area contributed by atoms with Crippen molar-refractivity contribution in [2.45, 2.75) is 38.5 Å². The fourth-order valence-corrected chi connectivity index (χ4v) is 3.12. The SMILES string of the molecule is Cc1oc(C2C3CCCCC32)nc1C(=O)O. The first-order chi connectivity index (χ1) is 7.68. The average molecular weight is 221 g/mol. The zero-order valence-corrected chi connectivity index (χ0v) is 9.27. The summed E-state index contributed by atoms with van der Waals surface area (Å²) in [6.07, 6.45) is 5.09. The molecule has 0 aromatic carbocycles. The van der Waals surface area contributed by atoms with E-state index in [1.807, 2.05) is 0 Å². The number of carboxylic acid groups (broad SMARTS) is 1. The number of aromatic carboxylic acids is 1. The van der Waals surface area contributed by atoms with Crippen molar-refractivity contribution in [1.82, 2.24) is 4.98 Å². The van der Waals surface area contributed by atoms with Crippen molar-refractivity contribution < 1.29 is 14.3 Å². The first kappa shape index (κ1) is 9.87. The number of fused-ring (bicyclic) bond motifs is 1. The quantitative estimate of drug-likeness (QED) is 0.833. The van der Waals surface area contributed by atoms with Gasteiger partial charge in [-0.1, -0.05) is 12.8 Å². The topological polar surface area (TPSA) is 63.3 Å². The van der Waals surface area contributed by atoms with E-state index in [-0.39, 0.29) is 5.69 Å². The summed E-state index contributed by atoms with van der Waals surface area (Å²) in [6.45, 7) is 1.67. The Morgan fingerprint density at radius 2 is 2.00 bits per heavy atom. The average Bonchev–Trinajstić information content (AvgIpc) is 2.86. The molecule has 4 nitrogen and oxygen atoms in total. The lowest BCUT2D eigenvalue weighted by Gasteiger charge is -2.04. The number of nitrogens with zero attached hydrogens (tertiary/aromatic N) is 1. The smallest absolute Gasteiger partial charge is 0.358 e. The molecule has 2 unspecified atom stereocenters. The maximum atomic E-state index is 10.9. The van der Waals surface area contributed by atoms with E-state index in [1.165, 1.54) is 25.7 Å². The molecule has 1 heterocycles. The van der Waals surface area contributed by atoms with Crippen molar-refractivity contribution in [3.05, 3.63) is 17.3 Å². The van der Waals surface area contributed by atoms with E-state index in [0.717, 1.165) is 0 Å². The molecule has 1 aromatic heterocycles. The molecule has 0 amide bonds. The first-order valence-electron chi connectivity index (χ1n) is 5.89. The molecule has 16 heavy (non-hydrogen) atoms. The number of rotatable bonds is 2.